The molecule has 1 saturated heterocycles. The lowest BCUT2D eigenvalue weighted by molar-refractivity contribution is -0.137. The Balaban J connectivity index is 1.63. The first-order valence-corrected chi connectivity index (χ1v) is 10.4. The van der Waals surface area contributed by atoms with Crippen molar-refractivity contribution in [3.63, 3.8) is 0 Å². The zero-order chi connectivity index (χ0) is 21.3. The molecule has 3 atom stereocenters. The molecular weight excluding hydrogens is 382 g/mol. The van der Waals surface area contributed by atoms with E-state index in [1.165, 1.54) is 0 Å². The molecule has 0 aromatic heterocycles. The Morgan fingerprint density at radius 2 is 2.00 bits per heavy atom. The molecule has 1 N–H and O–H groups in total. The quantitative estimate of drug-likeness (QED) is 0.424. The van der Waals surface area contributed by atoms with Crippen LogP contribution in [0.15, 0.2) is 42.5 Å². The number of benzene rings is 2. The van der Waals surface area contributed by atoms with E-state index in [9.17, 15) is 9.59 Å². The minimum Gasteiger partial charge on any atom is -0.494 e. The number of methoxy groups -OCH3 is 1. The fourth-order valence-electron chi connectivity index (χ4n) is 4.32. The maximum Gasteiger partial charge on any atom is 0.234 e. The highest BCUT2D eigenvalue weighted by Gasteiger charge is 2.52. The molecule has 2 aliphatic heterocycles. The number of hydrogen-bond acceptors (Lipinski definition) is 5. The van der Waals surface area contributed by atoms with Gasteiger partial charge in [-0.05, 0) is 43.7 Å². The van der Waals surface area contributed by atoms with E-state index in [0.29, 0.717) is 30.1 Å². The second kappa shape index (κ2) is 8.01. The first-order valence-electron chi connectivity index (χ1n) is 10.4. The van der Waals surface area contributed by atoms with Gasteiger partial charge in [-0.2, -0.15) is 0 Å². The van der Waals surface area contributed by atoms with Gasteiger partial charge in [0.05, 0.1) is 13.7 Å². The lowest BCUT2D eigenvalue weighted by atomic mass is 9.72. The minimum absolute atomic E-state index is 0.199. The van der Waals surface area contributed by atoms with Gasteiger partial charge in [0.15, 0.2) is 23.0 Å². The smallest absolute Gasteiger partial charge is 0.234 e. The van der Waals surface area contributed by atoms with E-state index < -0.39 is 11.6 Å². The second-order valence-corrected chi connectivity index (χ2v) is 8.08. The van der Waals surface area contributed by atoms with E-state index >= 15 is 0 Å². The summed E-state index contributed by atoms with van der Waals surface area (Å²) in [6, 6.07) is 12.6. The molecule has 1 fully saturated rings. The molecule has 6 heteroatoms. The number of para-hydroxylation sites is 1. The zero-order valence-corrected chi connectivity index (χ0v) is 17.6. The number of piperidine rings is 1. The van der Waals surface area contributed by atoms with Gasteiger partial charge in [-0.25, -0.2) is 0 Å². The van der Waals surface area contributed by atoms with Crippen LogP contribution in [0, 0.1) is 5.92 Å². The van der Waals surface area contributed by atoms with Crippen LogP contribution in [0.5, 0.6) is 17.2 Å². The van der Waals surface area contributed by atoms with E-state index in [-0.39, 0.29) is 17.6 Å². The number of carbonyl (C=O) groups is 2. The van der Waals surface area contributed by atoms with Crippen LogP contribution >= 0.6 is 0 Å². The van der Waals surface area contributed by atoms with Gasteiger partial charge in [0.1, 0.15) is 11.7 Å². The predicted molar refractivity (Wildman–Crippen MR) is 112 cm³/mol. The largest absolute Gasteiger partial charge is 0.494 e. The normalized spacial score (nSPS) is 24.3. The summed E-state index contributed by atoms with van der Waals surface area (Å²) >= 11 is 0. The van der Waals surface area contributed by atoms with Gasteiger partial charge in [-0.3, -0.25) is 9.59 Å². The average molecular weight is 409 g/mol. The average Bonchev–Trinajstić information content (AvgIpc) is 2.73. The van der Waals surface area contributed by atoms with Crippen LogP contribution in [0.2, 0.25) is 0 Å². The molecule has 0 spiro atoms. The highest BCUT2D eigenvalue weighted by molar-refractivity contribution is 6.11. The molecule has 0 aliphatic carbocycles. The number of hydrogen-bond donors (Lipinski definition) is 1. The van der Waals surface area contributed by atoms with Crippen molar-refractivity contribution < 1.29 is 23.8 Å². The van der Waals surface area contributed by atoms with Crippen LogP contribution in [0.1, 0.15) is 54.9 Å². The summed E-state index contributed by atoms with van der Waals surface area (Å²) in [4.78, 5) is 26.3. The summed E-state index contributed by atoms with van der Waals surface area (Å²) < 4.78 is 17.2. The SMILES string of the molecule is CCCCOc1ccc(C(=O)C2C(=O)NC3(C)CC2c2cccc(OC)c2O3)cc1. The minimum atomic E-state index is -0.864. The molecule has 4 rings (SSSR count). The third-order valence-electron chi connectivity index (χ3n) is 5.83. The van der Waals surface area contributed by atoms with Crippen molar-refractivity contribution in [2.24, 2.45) is 5.92 Å². The van der Waals surface area contributed by atoms with Gasteiger partial charge in [0.2, 0.25) is 5.91 Å². The van der Waals surface area contributed by atoms with Gasteiger partial charge < -0.3 is 19.5 Å². The fraction of sp³-hybridized carbons (Fsp3) is 0.417. The summed E-state index contributed by atoms with van der Waals surface area (Å²) in [5.74, 6) is 0.304. The van der Waals surface area contributed by atoms with Crippen LogP contribution in [-0.2, 0) is 4.79 Å². The molecule has 2 heterocycles. The fourth-order valence-corrected chi connectivity index (χ4v) is 4.32. The van der Waals surface area contributed by atoms with Crippen molar-refractivity contribution in [3.8, 4) is 17.2 Å². The lowest BCUT2D eigenvalue weighted by Crippen LogP contribution is -2.61. The maximum absolute atomic E-state index is 13.4. The molecule has 2 bridgehead atoms. The predicted octanol–water partition coefficient (Wildman–Crippen LogP) is 4.09. The van der Waals surface area contributed by atoms with Crippen LogP contribution in [-0.4, -0.2) is 31.1 Å². The van der Waals surface area contributed by atoms with Crippen molar-refractivity contribution in [2.45, 2.75) is 44.8 Å². The van der Waals surface area contributed by atoms with Crippen molar-refractivity contribution in [1.29, 1.82) is 0 Å². The van der Waals surface area contributed by atoms with Gasteiger partial charge >= 0.3 is 0 Å². The highest BCUT2D eigenvalue weighted by atomic mass is 16.5. The zero-order valence-electron chi connectivity index (χ0n) is 17.6. The summed E-state index contributed by atoms with van der Waals surface area (Å²) in [7, 11) is 1.58. The monoisotopic (exact) mass is 409 g/mol. The summed E-state index contributed by atoms with van der Waals surface area (Å²) in [5, 5.41) is 2.90. The third-order valence-corrected chi connectivity index (χ3v) is 5.83. The van der Waals surface area contributed by atoms with Crippen molar-refractivity contribution in [3.05, 3.63) is 53.6 Å². The number of ketones is 1. The second-order valence-electron chi connectivity index (χ2n) is 8.08. The number of amides is 1. The van der Waals surface area contributed by atoms with E-state index in [4.69, 9.17) is 14.2 Å². The van der Waals surface area contributed by atoms with Crippen molar-refractivity contribution in [1.82, 2.24) is 5.32 Å². The van der Waals surface area contributed by atoms with Crippen molar-refractivity contribution in [2.75, 3.05) is 13.7 Å². The molecule has 2 aliphatic rings. The Kier molecular flexibility index (Phi) is 5.41. The highest BCUT2D eigenvalue weighted by Crippen LogP contribution is 2.50. The molecule has 2 aromatic carbocycles. The Hall–Kier alpha value is -3.02. The van der Waals surface area contributed by atoms with E-state index in [2.05, 4.69) is 12.2 Å². The number of ether oxygens (including phenoxy) is 3. The first kappa shape index (κ1) is 20.3. The van der Waals surface area contributed by atoms with E-state index in [1.54, 1.807) is 31.4 Å². The van der Waals surface area contributed by atoms with Crippen LogP contribution in [0.4, 0.5) is 0 Å². The van der Waals surface area contributed by atoms with Gasteiger partial charge in [-0.15, -0.1) is 0 Å². The molecular formula is C24H27NO5. The maximum atomic E-state index is 13.4. The van der Waals surface area contributed by atoms with E-state index in [0.717, 1.165) is 24.2 Å². The standard InChI is InChI=1S/C24H27NO5/c1-4-5-13-29-16-11-9-15(10-12-16)21(26)20-18-14-24(2,25-23(20)27)30-22-17(18)7-6-8-19(22)28-3/h6-12,18,20H,4-5,13-14H2,1-3H3,(H,25,27). The number of Topliss-reactive ketones (excluding diaryl/α,β-unsaturated/α-hetero) is 1. The number of nitrogens with one attached hydrogen (secondary N) is 1. The van der Waals surface area contributed by atoms with E-state index in [1.807, 2.05) is 25.1 Å². The molecule has 3 unspecified atom stereocenters. The molecule has 158 valence electrons. The number of carbonyl (C=O) groups excluding carboxylic acids is 2. The summed E-state index contributed by atoms with van der Waals surface area (Å²) in [6.45, 7) is 4.58. The molecule has 6 nitrogen and oxygen atoms in total. The number of fused-ring (bicyclic) bond motifs is 4. The summed E-state index contributed by atoms with van der Waals surface area (Å²) in [6.07, 6.45) is 2.56. The number of rotatable bonds is 7. The molecule has 0 saturated carbocycles. The Labute approximate surface area is 176 Å². The Bertz CT molecular complexity index is 955. The Morgan fingerprint density at radius 1 is 1.23 bits per heavy atom. The molecule has 2 aromatic rings. The van der Waals surface area contributed by atoms with Crippen LogP contribution in [0.3, 0.4) is 0 Å². The lowest BCUT2D eigenvalue weighted by Gasteiger charge is -2.47. The first-order chi connectivity index (χ1) is 14.5. The molecule has 0 radical (unpaired) electrons. The van der Waals surface area contributed by atoms with Gasteiger partial charge in [0, 0.05) is 23.5 Å². The molecule has 1 amide bonds. The summed E-state index contributed by atoms with van der Waals surface area (Å²) in [5.41, 5.74) is 0.467. The topological polar surface area (TPSA) is 73.9 Å². The Morgan fingerprint density at radius 3 is 2.70 bits per heavy atom. The number of unbranched alkanes of at least 4 members (excludes halogenated alkanes) is 1. The van der Waals surface area contributed by atoms with Gasteiger partial charge in [0.25, 0.3) is 0 Å². The van der Waals surface area contributed by atoms with Crippen LogP contribution < -0.4 is 19.5 Å². The van der Waals surface area contributed by atoms with Crippen LogP contribution in [0.25, 0.3) is 0 Å². The third kappa shape index (κ3) is 3.62. The van der Waals surface area contributed by atoms with Gasteiger partial charge in [-0.1, -0.05) is 25.5 Å². The van der Waals surface area contributed by atoms with Crippen molar-refractivity contribution >= 4 is 11.7 Å². The molecule has 30 heavy (non-hydrogen) atoms.